The summed E-state index contributed by atoms with van der Waals surface area (Å²) in [4.78, 5) is 10.1. The lowest BCUT2D eigenvalue weighted by Crippen LogP contribution is -2.25. The number of benzene rings is 1. The van der Waals surface area contributed by atoms with Gasteiger partial charge in [0.25, 0.3) is 5.69 Å². The van der Waals surface area contributed by atoms with Crippen LogP contribution in [0.15, 0.2) is 23.1 Å². The van der Waals surface area contributed by atoms with Crippen molar-refractivity contribution in [2.75, 3.05) is 12.0 Å². The van der Waals surface area contributed by atoms with Crippen LogP contribution in [0.4, 0.5) is 11.4 Å². The smallest absolute Gasteiger partial charge is 0.293 e. The van der Waals surface area contributed by atoms with Gasteiger partial charge in [0.15, 0.2) is 0 Å². The number of nitro groups is 1. The van der Waals surface area contributed by atoms with E-state index in [1.165, 1.54) is 6.07 Å². The second-order valence-corrected chi connectivity index (χ2v) is 6.48. The third-order valence-electron chi connectivity index (χ3n) is 3.17. The third kappa shape index (κ3) is 3.44. The van der Waals surface area contributed by atoms with Gasteiger partial charge in [-0.1, -0.05) is 12.8 Å². The number of sulfonamides is 1. The zero-order valence-corrected chi connectivity index (χ0v) is 11.5. The van der Waals surface area contributed by atoms with E-state index in [2.05, 4.69) is 10.1 Å². The first kappa shape index (κ1) is 14.7. The fourth-order valence-corrected chi connectivity index (χ4v) is 2.92. The van der Waals surface area contributed by atoms with Gasteiger partial charge in [0.2, 0.25) is 10.0 Å². The topological polar surface area (TPSA) is 127 Å². The van der Waals surface area contributed by atoms with Gasteiger partial charge in [-0.2, -0.15) is 0 Å². The van der Waals surface area contributed by atoms with Gasteiger partial charge >= 0.3 is 0 Å². The molecule has 0 spiro atoms. The van der Waals surface area contributed by atoms with Crippen LogP contribution in [-0.2, 0) is 10.0 Å². The van der Waals surface area contributed by atoms with E-state index in [-0.39, 0.29) is 16.3 Å². The molecule has 1 aliphatic carbocycles. The molecule has 0 saturated heterocycles. The number of hydrogen-bond donors (Lipinski definition) is 3. The molecule has 4 N–H and O–H groups in total. The van der Waals surface area contributed by atoms with Crippen LogP contribution in [-0.4, -0.2) is 19.9 Å². The lowest BCUT2D eigenvalue weighted by molar-refractivity contribution is -0.384. The number of rotatable bonds is 7. The molecule has 1 saturated carbocycles. The summed E-state index contributed by atoms with van der Waals surface area (Å²) in [7, 11) is -3.67. The van der Waals surface area contributed by atoms with Crippen LogP contribution in [0.3, 0.4) is 0 Å². The van der Waals surface area contributed by atoms with Gasteiger partial charge in [-0.05, 0) is 24.5 Å². The summed E-state index contributed by atoms with van der Waals surface area (Å²) in [6.45, 7) is 0.370. The summed E-state index contributed by atoms with van der Waals surface area (Å²) in [6, 6.07) is 3.46. The Morgan fingerprint density at radius 3 is 2.65 bits per heavy atom. The average Bonchev–Trinajstić information content (AvgIpc) is 3.21. The normalized spacial score (nSPS) is 15.1. The molecule has 0 heterocycles. The summed E-state index contributed by atoms with van der Waals surface area (Å²) in [5.41, 5.74) is 1.82. The minimum absolute atomic E-state index is 0.0416. The fourth-order valence-electron chi connectivity index (χ4n) is 1.84. The van der Waals surface area contributed by atoms with E-state index in [0.717, 1.165) is 31.4 Å². The van der Waals surface area contributed by atoms with Crippen molar-refractivity contribution in [3.8, 4) is 0 Å². The molecule has 0 unspecified atom stereocenters. The van der Waals surface area contributed by atoms with Crippen LogP contribution in [0.1, 0.15) is 19.3 Å². The minimum atomic E-state index is -3.67. The summed E-state index contributed by atoms with van der Waals surface area (Å²) in [5, 5.41) is 10.7. The van der Waals surface area contributed by atoms with E-state index in [0.29, 0.717) is 12.5 Å². The van der Waals surface area contributed by atoms with Crippen LogP contribution in [0.25, 0.3) is 0 Å². The van der Waals surface area contributed by atoms with Gasteiger partial charge in [-0.3, -0.25) is 16.0 Å². The Bertz CT molecular complexity index is 613. The largest absolute Gasteiger partial charge is 0.318 e. The number of hydrazine groups is 1. The quantitative estimate of drug-likeness (QED) is 0.391. The van der Waals surface area contributed by atoms with Crippen molar-refractivity contribution in [3.05, 3.63) is 28.3 Å². The Balaban J connectivity index is 2.15. The highest BCUT2D eigenvalue weighted by molar-refractivity contribution is 7.89. The first-order valence-corrected chi connectivity index (χ1v) is 7.67. The van der Waals surface area contributed by atoms with Crippen molar-refractivity contribution < 1.29 is 13.3 Å². The molecular weight excluding hydrogens is 284 g/mol. The number of nitrogen functional groups attached to an aromatic ring is 1. The molecule has 8 nitrogen and oxygen atoms in total. The fraction of sp³-hybridized carbons (Fsp3) is 0.455. The maximum Gasteiger partial charge on any atom is 0.293 e. The highest BCUT2D eigenvalue weighted by Gasteiger charge is 2.23. The van der Waals surface area contributed by atoms with E-state index in [1.807, 2.05) is 0 Å². The number of nitrogens with two attached hydrogens (primary N) is 1. The Morgan fingerprint density at radius 2 is 2.10 bits per heavy atom. The van der Waals surface area contributed by atoms with Crippen LogP contribution in [0, 0.1) is 16.0 Å². The zero-order chi connectivity index (χ0) is 14.8. The Labute approximate surface area is 116 Å². The molecule has 0 bridgehead atoms. The van der Waals surface area contributed by atoms with Crippen molar-refractivity contribution in [2.45, 2.75) is 24.2 Å². The molecule has 1 aliphatic rings. The average molecular weight is 300 g/mol. The molecule has 0 aromatic heterocycles. The highest BCUT2D eigenvalue weighted by Crippen LogP contribution is 2.32. The molecule has 0 radical (unpaired) electrons. The van der Waals surface area contributed by atoms with Gasteiger partial charge in [0.05, 0.1) is 9.82 Å². The van der Waals surface area contributed by atoms with Crippen LogP contribution >= 0.6 is 0 Å². The number of nitro benzene ring substituents is 1. The predicted molar refractivity (Wildman–Crippen MR) is 73.4 cm³/mol. The monoisotopic (exact) mass is 300 g/mol. The van der Waals surface area contributed by atoms with Gasteiger partial charge in [0, 0.05) is 12.6 Å². The molecule has 1 fully saturated rings. The van der Waals surface area contributed by atoms with E-state index in [1.54, 1.807) is 0 Å². The zero-order valence-electron chi connectivity index (χ0n) is 10.7. The lowest BCUT2D eigenvalue weighted by atomic mass is 10.3. The summed E-state index contributed by atoms with van der Waals surface area (Å²) >= 11 is 0. The maximum atomic E-state index is 12.0. The number of anilines is 1. The van der Waals surface area contributed by atoms with Crippen molar-refractivity contribution >= 4 is 21.4 Å². The molecule has 20 heavy (non-hydrogen) atoms. The molecular formula is C11H16N4O4S. The Morgan fingerprint density at radius 1 is 1.40 bits per heavy atom. The molecule has 0 atom stereocenters. The van der Waals surface area contributed by atoms with E-state index < -0.39 is 14.9 Å². The molecule has 0 amide bonds. The lowest BCUT2D eigenvalue weighted by Gasteiger charge is -2.08. The summed E-state index contributed by atoms with van der Waals surface area (Å²) in [6.07, 6.45) is 3.12. The SMILES string of the molecule is NNc1cc(S(=O)(=O)NCCC2CC2)ccc1[N+](=O)[O-]. The summed E-state index contributed by atoms with van der Waals surface area (Å²) in [5.74, 6) is 5.80. The second-order valence-electron chi connectivity index (χ2n) is 4.71. The van der Waals surface area contributed by atoms with Gasteiger partial charge in [0.1, 0.15) is 5.69 Å². The molecule has 1 aromatic carbocycles. The minimum Gasteiger partial charge on any atom is -0.318 e. The first-order chi connectivity index (χ1) is 9.44. The van der Waals surface area contributed by atoms with E-state index in [9.17, 15) is 18.5 Å². The molecule has 2 rings (SSSR count). The van der Waals surface area contributed by atoms with Crippen molar-refractivity contribution in [3.63, 3.8) is 0 Å². The van der Waals surface area contributed by atoms with Crippen molar-refractivity contribution in [1.29, 1.82) is 0 Å². The predicted octanol–water partition coefficient (Wildman–Crippen LogP) is 0.959. The Hall–Kier alpha value is -1.71. The third-order valence-corrected chi connectivity index (χ3v) is 4.63. The number of nitrogens with zero attached hydrogens (tertiary/aromatic N) is 1. The van der Waals surface area contributed by atoms with Crippen molar-refractivity contribution in [1.82, 2.24) is 4.72 Å². The molecule has 110 valence electrons. The van der Waals surface area contributed by atoms with Crippen LogP contribution in [0.5, 0.6) is 0 Å². The van der Waals surface area contributed by atoms with Crippen LogP contribution < -0.4 is 16.0 Å². The number of hydrogen-bond acceptors (Lipinski definition) is 6. The maximum absolute atomic E-state index is 12.0. The van der Waals surface area contributed by atoms with Gasteiger partial charge in [-0.25, -0.2) is 13.1 Å². The molecule has 1 aromatic rings. The first-order valence-electron chi connectivity index (χ1n) is 6.19. The van der Waals surface area contributed by atoms with E-state index >= 15 is 0 Å². The van der Waals surface area contributed by atoms with Gasteiger partial charge in [-0.15, -0.1) is 0 Å². The summed E-state index contributed by atoms with van der Waals surface area (Å²) < 4.78 is 26.5. The highest BCUT2D eigenvalue weighted by atomic mass is 32.2. The van der Waals surface area contributed by atoms with Gasteiger partial charge < -0.3 is 5.43 Å². The van der Waals surface area contributed by atoms with E-state index in [4.69, 9.17) is 5.84 Å². The van der Waals surface area contributed by atoms with Crippen LogP contribution in [0.2, 0.25) is 0 Å². The number of nitrogens with one attached hydrogen (secondary N) is 2. The molecule has 0 aliphatic heterocycles. The Kier molecular flexibility index (Phi) is 4.21. The van der Waals surface area contributed by atoms with Crippen molar-refractivity contribution in [2.24, 2.45) is 11.8 Å². The standard InChI is InChI=1S/C11H16N4O4S/c12-14-10-7-9(3-4-11(10)15(16)17)20(18,19)13-6-5-8-1-2-8/h3-4,7-8,13-14H,1-2,5-6,12H2. The molecule has 9 heteroatoms. The second kappa shape index (κ2) is 5.73.